The SMILES string of the molecule is CC(C)CC(NC(=O)C(Cc1cnc[nH]1)NC(=O)C(N)Cc1cnc[nH]1)C(=O)NC(CCCN=C(N)N)C(=O)O. The second-order valence-corrected chi connectivity index (χ2v) is 9.77. The molecule has 220 valence electrons. The summed E-state index contributed by atoms with van der Waals surface area (Å²) in [5, 5.41) is 17.4. The number of imidazole rings is 2. The molecule has 2 rings (SSSR count). The fourth-order valence-electron chi connectivity index (χ4n) is 3.84. The van der Waals surface area contributed by atoms with E-state index < -0.39 is 47.9 Å². The van der Waals surface area contributed by atoms with Crippen LogP contribution in [0.15, 0.2) is 30.0 Å². The van der Waals surface area contributed by atoms with Crippen LogP contribution >= 0.6 is 0 Å². The lowest BCUT2D eigenvalue weighted by atomic mass is 10.0. The van der Waals surface area contributed by atoms with E-state index in [0.717, 1.165) is 0 Å². The highest BCUT2D eigenvalue weighted by Gasteiger charge is 2.31. The number of guanidine groups is 1. The van der Waals surface area contributed by atoms with Gasteiger partial charge in [-0.15, -0.1) is 0 Å². The van der Waals surface area contributed by atoms with E-state index in [0.29, 0.717) is 17.8 Å². The fourth-order valence-corrected chi connectivity index (χ4v) is 3.84. The van der Waals surface area contributed by atoms with Crippen LogP contribution in [-0.4, -0.2) is 85.4 Å². The zero-order valence-corrected chi connectivity index (χ0v) is 22.6. The zero-order valence-electron chi connectivity index (χ0n) is 22.6. The summed E-state index contributed by atoms with van der Waals surface area (Å²) in [4.78, 5) is 68.5. The van der Waals surface area contributed by atoms with E-state index in [9.17, 15) is 24.3 Å². The lowest BCUT2D eigenvalue weighted by Crippen LogP contribution is -2.58. The van der Waals surface area contributed by atoms with Gasteiger partial charge in [-0.1, -0.05) is 13.8 Å². The van der Waals surface area contributed by atoms with E-state index in [1.807, 2.05) is 13.8 Å². The smallest absolute Gasteiger partial charge is 0.326 e. The minimum absolute atomic E-state index is 0.0235. The summed E-state index contributed by atoms with van der Waals surface area (Å²) in [6, 6.07) is -4.35. The average Bonchev–Trinajstić information content (AvgIpc) is 3.58. The number of carboxylic acid groups (broad SMARTS) is 1. The first kappa shape index (κ1) is 31.7. The molecule has 16 nitrogen and oxygen atoms in total. The number of carbonyl (C=O) groups is 4. The van der Waals surface area contributed by atoms with Crippen molar-refractivity contribution in [2.45, 2.75) is 70.1 Å². The molecule has 2 aromatic rings. The molecule has 0 spiro atoms. The van der Waals surface area contributed by atoms with Crippen LogP contribution in [0.5, 0.6) is 0 Å². The van der Waals surface area contributed by atoms with E-state index in [1.165, 1.54) is 18.9 Å². The van der Waals surface area contributed by atoms with Gasteiger partial charge in [0.15, 0.2) is 5.96 Å². The maximum absolute atomic E-state index is 13.4. The van der Waals surface area contributed by atoms with Gasteiger partial charge in [0.2, 0.25) is 17.7 Å². The number of hydrogen-bond donors (Lipinski definition) is 9. The maximum Gasteiger partial charge on any atom is 0.326 e. The molecule has 2 heterocycles. The second kappa shape index (κ2) is 15.8. The molecule has 2 aromatic heterocycles. The number of nitrogens with one attached hydrogen (secondary N) is 5. The van der Waals surface area contributed by atoms with Crippen LogP contribution in [0.3, 0.4) is 0 Å². The number of aliphatic imine (C=N–C) groups is 1. The molecule has 0 aliphatic heterocycles. The van der Waals surface area contributed by atoms with Crippen molar-refractivity contribution in [3.63, 3.8) is 0 Å². The Hall–Kier alpha value is -4.47. The van der Waals surface area contributed by atoms with Crippen molar-refractivity contribution >= 4 is 29.7 Å². The van der Waals surface area contributed by atoms with Crippen molar-refractivity contribution in [3.05, 3.63) is 36.4 Å². The zero-order chi connectivity index (χ0) is 29.7. The Labute approximate surface area is 231 Å². The Balaban J connectivity index is 2.13. The Kier molecular flexibility index (Phi) is 12.6. The number of nitrogens with two attached hydrogens (primary N) is 3. The average molecular weight is 562 g/mol. The summed E-state index contributed by atoms with van der Waals surface area (Å²) >= 11 is 0. The van der Waals surface area contributed by atoms with Crippen LogP contribution in [-0.2, 0) is 32.0 Å². The topological polar surface area (TPSA) is 272 Å². The molecule has 0 aliphatic carbocycles. The Morgan fingerprint density at radius 2 is 1.45 bits per heavy atom. The van der Waals surface area contributed by atoms with Crippen LogP contribution in [0.1, 0.15) is 44.5 Å². The number of aromatic amines is 2. The van der Waals surface area contributed by atoms with Gasteiger partial charge in [-0.2, -0.15) is 0 Å². The predicted octanol–water partition coefficient (Wildman–Crippen LogP) is -2.12. The largest absolute Gasteiger partial charge is 0.480 e. The Bertz CT molecular complexity index is 1110. The molecule has 0 aromatic carbocycles. The van der Waals surface area contributed by atoms with E-state index >= 15 is 0 Å². The Morgan fingerprint density at radius 1 is 0.900 bits per heavy atom. The number of aromatic nitrogens is 4. The quantitative estimate of drug-likeness (QED) is 0.0575. The third-order valence-electron chi connectivity index (χ3n) is 5.84. The van der Waals surface area contributed by atoms with Gasteiger partial charge >= 0.3 is 5.97 Å². The van der Waals surface area contributed by atoms with Crippen LogP contribution in [0.2, 0.25) is 0 Å². The van der Waals surface area contributed by atoms with Crippen molar-refractivity contribution < 1.29 is 24.3 Å². The molecule has 16 heteroatoms. The Morgan fingerprint density at radius 3 is 1.98 bits per heavy atom. The number of carboxylic acids is 1. The van der Waals surface area contributed by atoms with E-state index in [4.69, 9.17) is 17.2 Å². The summed E-state index contributed by atoms with van der Waals surface area (Å²) in [6.07, 6.45) is 6.78. The molecular weight excluding hydrogens is 522 g/mol. The second-order valence-electron chi connectivity index (χ2n) is 9.77. The first-order valence-electron chi connectivity index (χ1n) is 12.9. The molecule has 4 unspecified atom stereocenters. The number of nitrogens with zero attached hydrogens (tertiary/aromatic N) is 3. The number of aliphatic carboxylic acids is 1. The van der Waals surface area contributed by atoms with E-state index in [2.05, 4.69) is 40.9 Å². The summed E-state index contributed by atoms with van der Waals surface area (Å²) < 4.78 is 0. The molecular formula is C24H39N11O5. The highest BCUT2D eigenvalue weighted by atomic mass is 16.4. The highest BCUT2D eigenvalue weighted by molar-refractivity contribution is 5.94. The summed E-state index contributed by atoms with van der Waals surface area (Å²) in [5.74, 6) is -3.26. The van der Waals surface area contributed by atoms with E-state index in [-0.39, 0.29) is 44.1 Å². The third kappa shape index (κ3) is 11.1. The highest BCUT2D eigenvalue weighted by Crippen LogP contribution is 2.09. The number of carbonyl (C=O) groups excluding carboxylic acids is 3. The number of H-pyrrole nitrogens is 2. The van der Waals surface area contributed by atoms with E-state index in [1.54, 1.807) is 6.20 Å². The molecule has 0 saturated carbocycles. The summed E-state index contributed by atoms with van der Waals surface area (Å²) in [6.45, 7) is 3.91. The number of rotatable bonds is 17. The molecule has 0 aliphatic rings. The van der Waals surface area contributed by atoms with Crippen molar-refractivity contribution in [3.8, 4) is 0 Å². The summed E-state index contributed by atoms with van der Waals surface area (Å²) in [5.41, 5.74) is 17.8. The van der Waals surface area contributed by atoms with Gasteiger partial charge in [0.05, 0.1) is 18.7 Å². The van der Waals surface area contributed by atoms with Gasteiger partial charge in [0.1, 0.15) is 18.1 Å². The van der Waals surface area contributed by atoms with Gasteiger partial charge in [-0.3, -0.25) is 19.4 Å². The predicted molar refractivity (Wildman–Crippen MR) is 145 cm³/mol. The van der Waals surface area contributed by atoms with Crippen LogP contribution in [0, 0.1) is 5.92 Å². The van der Waals surface area contributed by atoms with Crippen molar-refractivity contribution in [2.75, 3.05) is 6.54 Å². The van der Waals surface area contributed by atoms with Crippen molar-refractivity contribution in [1.82, 2.24) is 35.9 Å². The van der Waals surface area contributed by atoms with Crippen LogP contribution in [0.4, 0.5) is 0 Å². The number of amides is 3. The molecule has 0 radical (unpaired) electrons. The molecule has 3 amide bonds. The minimum atomic E-state index is -1.23. The van der Waals surface area contributed by atoms with Crippen LogP contribution < -0.4 is 33.2 Å². The summed E-state index contributed by atoms with van der Waals surface area (Å²) in [7, 11) is 0. The first-order valence-corrected chi connectivity index (χ1v) is 12.9. The van der Waals surface area contributed by atoms with Gasteiger partial charge in [-0.05, 0) is 25.2 Å². The van der Waals surface area contributed by atoms with Gasteiger partial charge in [-0.25, -0.2) is 14.8 Å². The third-order valence-corrected chi connectivity index (χ3v) is 5.84. The molecule has 0 fully saturated rings. The van der Waals surface area contributed by atoms with Gasteiger partial charge < -0.3 is 48.2 Å². The molecule has 40 heavy (non-hydrogen) atoms. The lowest BCUT2D eigenvalue weighted by molar-refractivity contribution is -0.142. The monoisotopic (exact) mass is 561 g/mol. The minimum Gasteiger partial charge on any atom is -0.480 e. The van der Waals surface area contributed by atoms with Crippen molar-refractivity contribution in [1.29, 1.82) is 0 Å². The van der Waals surface area contributed by atoms with Gasteiger partial charge in [0, 0.05) is 43.2 Å². The molecule has 12 N–H and O–H groups in total. The fraction of sp³-hybridized carbons (Fsp3) is 0.542. The normalized spacial score (nSPS) is 14.0. The lowest BCUT2D eigenvalue weighted by Gasteiger charge is -2.26. The molecule has 0 bridgehead atoms. The maximum atomic E-state index is 13.4. The first-order chi connectivity index (χ1) is 19.0. The number of hydrogen-bond acceptors (Lipinski definition) is 8. The molecule has 0 saturated heterocycles. The van der Waals surface area contributed by atoms with Gasteiger partial charge in [0.25, 0.3) is 0 Å². The van der Waals surface area contributed by atoms with Crippen molar-refractivity contribution in [2.24, 2.45) is 28.1 Å². The van der Waals surface area contributed by atoms with Crippen LogP contribution in [0.25, 0.3) is 0 Å². The molecule has 4 atom stereocenters. The standard InChI is InChI=1S/C24H39N11O5/c1-13(2)6-18(21(37)33-17(23(39)40)4-3-5-30-24(26)27)35-22(38)19(8-15-10-29-12-32-15)34-20(36)16(25)7-14-9-28-11-31-14/h9-13,16-19H,3-8,25H2,1-2H3,(H,28,31)(H,29,32)(H,33,37)(H,34,36)(H,35,38)(H,39,40)(H4,26,27,30).